The van der Waals surface area contributed by atoms with Crippen LogP contribution in [0.25, 0.3) is 0 Å². The van der Waals surface area contributed by atoms with Crippen molar-refractivity contribution in [2.24, 2.45) is 0 Å². The van der Waals surface area contributed by atoms with Crippen LogP contribution in [0.2, 0.25) is 0 Å². The van der Waals surface area contributed by atoms with Crippen LogP contribution in [0, 0.1) is 11.3 Å². The minimum Gasteiger partial charge on any atom is -0.358 e. The van der Waals surface area contributed by atoms with Gasteiger partial charge in [0.25, 0.3) is 0 Å². The number of anilines is 2. The van der Waals surface area contributed by atoms with Crippen molar-refractivity contribution < 1.29 is 18.0 Å². The van der Waals surface area contributed by atoms with Crippen molar-refractivity contribution in [2.45, 2.75) is 6.18 Å². The molecular weight excluding hydrogens is 271 g/mol. The van der Waals surface area contributed by atoms with Gasteiger partial charge in [-0.15, -0.1) is 6.58 Å². The maximum atomic E-state index is 12.9. The van der Waals surface area contributed by atoms with E-state index >= 15 is 0 Å². The molecule has 4 nitrogen and oxygen atoms in total. The summed E-state index contributed by atoms with van der Waals surface area (Å²) >= 11 is 0. The first-order valence-electron chi connectivity index (χ1n) is 5.59. The van der Waals surface area contributed by atoms with Gasteiger partial charge >= 0.3 is 6.18 Å². The Morgan fingerprint density at radius 1 is 1.45 bits per heavy atom. The predicted molar refractivity (Wildman–Crippen MR) is 67.5 cm³/mol. The summed E-state index contributed by atoms with van der Waals surface area (Å²) in [5.74, 6) is 0. The molecule has 0 saturated carbocycles. The van der Waals surface area contributed by atoms with Gasteiger partial charge in [-0.3, -0.25) is 4.84 Å². The molecule has 0 bridgehead atoms. The zero-order valence-corrected chi connectivity index (χ0v) is 10.2. The Hall–Kier alpha value is -2.46. The van der Waals surface area contributed by atoms with Gasteiger partial charge in [0.2, 0.25) is 0 Å². The van der Waals surface area contributed by atoms with Crippen molar-refractivity contribution in [3.05, 3.63) is 48.3 Å². The molecule has 104 valence electrons. The van der Waals surface area contributed by atoms with Gasteiger partial charge in [0.05, 0.1) is 35.2 Å². The molecule has 0 aliphatic carbocycles. The van der Waals surface area contributed by atoms with Crippen LogP contribution < -0.4 is 10.4 Å². The van der Waals surface area contributed by atoms with E-state index in [0.29, 0.717) is 5.69 Å². The van der Waals surface area contributed by atoms with E-state index in [0.717, 1.165) is 12.1 Å². The number of alkyl halides is 3. The average Bonchev–Trinajstić information content (AvgIpc) is 2.42. The van der Waals surface area contributed by atoms with E-state index in [1.807, 2.05) is 0 Å². The minimum absolute atomic E-state index is 0.187. The molecule has 1 aliphatic heterocycles. The van der Waals surface area contributed by atoms with Crippen molar-refractivity contribution in [2.75, 3.05) is 17.0 Å². The summed E-state index contributed by atoms with van der Waals surface area (Å²) in [6.07, 6.45) is -0.140. The number of benzene rings is 1. The van der Waals surface area contributed by atoms with Crippen molar-refractivity contribution in [3.63, 3.8) is 0 Å². The van der Waals surface area contributed by atoms with E-state index in [2.05, 4.69) is 11.9 Å². The number of fused-ring (bicyclic) bond motifs is 1. The number of halogens is 3. The number of nitrogens with one attached hydrogen (secondary N) is 1. The molecule has 0 fully saturated rings. The molecule has 0 amide bonds. The van der Waals surface area contributed by atoms with Gasteiger partial charge in [-0.05, 0) is 12.1 Å². The molecule has 0 saturated heterocycles. The van der Waals surface area contributed by atoms with Crippen molar-refractivity contribution >= 4 is 11.4 Å². The Labute approximate surface area is 113 Å². The molecular formula is C13H10F3N3O. The second-order valence-corrected chi connectivity index (χ2v) is 3.89. The highest BCUT2D eigenvalue weighted by Crippen LogP contribution is 2.39. The maximum Gasteiger partial charge on any atom is 0.417 e. The van der Waals surface area contributed by atoms with Crippen LogP contribution >= 0.6 is 0 Å². The van der Waals surface area contributed by atoms with E-state index in [1.54, 1.807) is 6.07 Å². The summed E-state index contributed by atoms with van der Waals surface area (Å²) in [6.45, 7) is 3.68. The van der Waals surface area contributed by atoms with Crippen molar-refractivity contribution in [1.29, 1.82) is 5.26 Å². The zero-order chi connectivity index (χ0) is 14.8. The third-order valence-electron chi connectivity index (χ3n) is 2.58. The van der Waals surface area contributed by atoms with Crippen molar-refractivity contribution in [3.8, 4) is 6.07 Å². The Morgan fingerprint density at radius 3 is 2.80 bits per heavy atom. The quantitative estimate of drug-likeness (QED) is 0.863. The molecule has 1 N–H and O–H groups in total. The summed E-state index contributed by atoms with van der Waals surface area (Å²) in [5, 5.41) is 12.9. The fourth-order valence-electron chi connectivity index (χ4n) is 1.73. The van der Waals surface area contributed by atoms with E-state index in [-0.39, 0.29) is 12.3 Å². The highest BCUT2D eigenvalue weighted by molar-refractivity contribution is 5.76. The summed E-state index contributed by atoms with van der Waals surface area (Å²) in [7, 11) is 0. The predicted octanol–water partition coefficient (Wildman–Crippen LogP) is 3.40. The van der Waals surface area contributed by atoms with Crippen LogP contribution in [0.5, 0.6) is 0 Å². The number of hydroxylamine groups is 1. The summed E-state index contributed by atoms with van der Waals surface area (Å²) in [5.41, 5.74) is -0.896. The van der Waals surface area contributed by atoms with Crippen LogP contribution in [0.4, 0.5) is 24.5 Å². The third kappa shape index (κ3) is 2.60. The van der Waals surface area contributed by atoms with Gasteiger partial charge in [0.1, 0.15) is 0 Å². The largest absolute Gasteiger partial charge is 0.417 e. The highest BCUT2D eigenvalue weighted by Gasteiger charge is 2.35. The molecule has 20 heavy (non-hydrogen) atoms. The lowest BCUT2D eigenvalue weighted by Gasteiger charge is -2.26. The summed E-state index contributed by atoms with van der Waals surface area (Å²) in [4.78, 5) is 5.28. The first-order valence-corrected chi connectivity index (χ1v) is 5.59. The van der Waals surface area contributed by atoms with Crippen LogP contribution in [0.1, 0.15) is 11.1 Å². The minimum atomic E-state index is -4.59. The number of rotatable bonds is 3. The van der Waals surface area contributed by atoms with Crippen LogP contribution in [-0.4, -0.2) is 6.61 Å². The smallest absolute Gasteiger partial charge is 0.358 e. The number of hydrogen-bond donors (Lipinski definition) is 1. The lowest BCUT2D eigenvalue weighted by Crippen LogP contribution is -2.22. The molecule has 1 heterocycles. The monoisotopic (exact) mass is 281 g/mol. The first kappa shape index (κ1) is 14.0. The second kappa shape index (κ2) is 5.27. The maximum absolute atomic E-state index is 12.9. The van der Waals surface area contributed by atoms with E-state index in [1.165, 1.54) is 23.5 Å². The summed E-state index contributed by atoms with van der Waals surface area (Å²) in [6, 6.07) is 3.58. The molecule has 1 aliphatic rings. The molecule has 0 aromatic heterocycles. The molecule has 7 heteroatoms. The van der Waals surface area contributed by atoms with Gasteiger partial charge in [-0.2, -0.15) is 18.4 Å². The third-order valence-corrected chi connectivity index (χ3v) is 2.58. The van der Waals surface area contributed by atoms with Crippen LogP contribution in [-0.2, 0) is 11.0 Å². The highest BCUT2D eigenvalue weighted by atomic mass is 19.4. The molecule has 0 atom stereocenters. The van der Waals surface area contributed by atoms with Crippen LogP contribution in [0.3, 0.4) is 0 Å². The lowest BCUT2D eigenvalue weighted by molar-refractivity contribution is -0.137. The lowest BCUT2D eigenvalue weighted by atomic mass is 10.0. The standard InChI is InChI=1S/C13H10F3N3O/c1-2-5-20-19-4-3-18-11-7-10(13(14,15)16)9(8-17)6-12(11)19/h2-4,6-7,18H,1,5H2. The Kier molecular flexibility index (Phi) is 3.68. The molecule has 1 aromatic rings. The average molecular weight is 281 g/mol. The molecule has 2 rings (SSSR count). The fourth-order valence-corrected chi connectivity index (χ4v) is 1.73. The van der Waals surface area contributed by atoms with Gasteiger partial charge in [0.15, 0.2) is 0 Å². The summed E-state index contributed by atoms with van der Waals surface area (Å²) < 4.78 is 38.6. The van der Waals surface area contributed by atoms with Gasteiger partial charge < -0.3 is 5.32 Å². The number of nitrogens with zero attached hydrogens (tertiary/aromatic N) is 2. The van der Waals surface area contributed by atoms with Gasteiger partial charge in [-0.25, -0.2) is 5.06 Å². The second-order valence-electron chi connectivity index (χ2n) is 3.89. The Bertz CT molecular complexity index is 602. The van der Waals surface area contributed by atoms with E-state index in [4.69, 9.17) is 10.1 Å². The van der Waals surface area contributed by atoms with Gasteiger partial charge in [-0.1, -0.05) is 6.08 Å². The Morgan fingerprint density at radius 2 is 2.20 bits per heavy atom. The first-order chi connectivity index (χ1) is 9.47. The Balaban J connectivity index is 2.49. The van der Waals surface area contributed by atoms with Crippen molar-refractivity contribution in [1.82, 2.24) is 0 Å². The molecule has 0 unspecified atom stereocenters. The SMILES string of the molecule is C=CCON1C=CNc2cc(C(F)(F)F)c(C#N)cc21. The normalized spacial score (nSPS) is 13.4. The molecule has 0 radical (unpaired) electrons. The fraction of sp³-hybridized carbons (Fsp3) is 0.154. The number of hydrogen-bond acceptors (Lipinski definition) is 4. The van der Waals surface area contributed by atoms with Gasteiger partial charge in [0, 0.05) is 12.4 Å². The zero-order valence-electron chi connectivity index (χ0n) is 10.2. The molecule has 1 aromatic carbocycles. The van der Waals surface area contributed by atoms with E-state index in [9.17, 15) is 13.2 Å². The molecule has 0 spiro atoms. The topological polar surface area (TPSA) is 48.3 Å². The van der Waals surface area contributed by atoms with E-state index < -0.39 is 17.3 Å². The van der Waals surface area contributed by atoms with Crippen LogP contribution in [0.15, 0.2) is 37.2 Å². The number of nitriles is 1.